The SMILES string of the molecule is COC(=O)C(C)(C)OC(C)(C)C. The van der Waals surface area contributed by atoms with Gasteiger partial charge in [-0.25, -0.2) is 4.79 Å². The summed E-state index contributed by atoms with van der Waals surface area (Å²) in [6, 6.07) is 0. The van der Waals surface area contributed by atoms with E-state index >= 15 is 0 Å². The van der Waals surface area contributed by atoms with Crippen LogP contribution in [0.5, 0.6) is 0 Å². The fourth-order valence-corrected chi connectivity index (χ4v) is 1.05. The molecule has 0 saturated heterocycles. The molecular formula is C9H18O3. The molecule has 0 heterocycles. The fourth-order valence-electron chi connectivity index (χ4n) is 1.05. The second kappa shape index (κ2) is 3.44. The summed E-state index contributed by atoms with van der Waals surface area (Å²) >= 11 is 0. The van der Waals surface area contributed by atoms with Crippen molar-refractivity contribution in [1.29, 1.82) is 0 Å². The van der Waals surface area contributed by atoms with Gasteiger partial charge in [0.2, 0.25) is 0 Å². The minimum atomic E-state index is -0.868. The highest BCUT2D eigenvalue weighted by Gasteiger charge is 2.34. The number of carbonyl (C=O) groups excluding carboxylic acids is 1. The summed E-state index contributed by atoms with van der Waals surface area (Å²) in [4.78, 5) is 11.2. The van der Waals surface area contributed by atoms with Gasteiger partial charge in [-0.3, -0.25) is 0 Å². The molecule has 0 aliphatic carbocycles. The molecule has 0 bridgehead atoms. The molecule has 3 nitrogen and oxygen atoms in total. The van der Waals surface area contributed by atoms with Crippen LogP contribution in [0.15, 0.2) is 0 Å². The van der Waals surface area contributed by atoms with Gasteiger partial charge < -0.3 is 9.47 Å². The fraction of sp³-hybridized carbons (Fsp3) is 0.889. The van der Waals surface area contributed by atoms with Crippen molar-refractivity contribution in [2.24, 2.45) is 0 Å². The Labute approximate surface area is 74.0 Å². The molecule has 0 spiro atoms. The van der Waals surface area contributed by atoms with Crippen molar-refractivity contribution in [2.75, 3.05) is 7.11 Å². The van der Waals surface area contributed by atoms with Gasteiger partial charge in [-0.2, -0.15) is 0 Å². The van der Waals surface area contributed by atoms with Crippen molar-refractivity contribution in [3.63, 3.8) is 0 Å². The minimum Gasteiger partial charge on any atom is -0.467 e. The topological polar surface area (TPSA) is 35.5 Å². The smallest absolute Gasteiger partial charge is 0.337 e. The molecule has 0 aromatic heterocycles. The Morgan fingerprint density at radius 2 is 1.50 bits per heavy atom. The number of hydrogen-bond donors (Lipinski definition) is 0. The highest BCUT2D eigenvalue weighted by Crippen LogP contribution is 2.20. The maximum absolute atomic E-state index is 11.2. The number of carbonyl (C=O) groups is 1. The van der Waals surface area contributed by atoms with Crippen LogP contribution in [-0.4, -0.2) is 24.3 Å². The van der Waals surface area contributed by atoms with E-state index in [9.17, 15) is 4.79 Å². The van der Waals surface area contributed by atoms with Crippen LogP contribution in [0, 0.1) is 0 Å². The van der Waals surface area contributed by atoms with Gasteiger partial charge in [0.05, 0.1) is 12.7 Å². The first-order valence-corrected chi connectivity index (χ1v) is 3.97. The predicted molar refractivity (Wildman–Crippen MR) is 46.9 cm³/mol. The Kier molecular flexibility index (Phi) is 3.27. The van der Waals surface area contributed by atoms with Gasteiger partial charge in [0.25, 0.3) is 0 Å². The number of methoxy groups -OCH3 is 1. The summed E-state index contributed by atoms with van der Waals surface area (Å²) in [6.07, 6.45) is 0. The zero-order valence-corrected chi connectivity index (χ0v) is 8.72. The zero-order chi connectivity index (χ0) is 9.99. The molecule has 0 saturated carbocycles. The lowest BCUT2D eigenvalue weighted by Gasteiger charge is -2.31. The second-order valence-electron chi connectivity index (χ2n) is 4.22. The van der Waals surface area contributed by atoms with Gasteiger partial charge in [-0.05, 0) is 34.6 Å². The summed E-state index contributed by atoms with van der Waals surface area (Å²) in [5, 5.41) is 0. The first-order chi connectivity index (χ1) is 5.19. The molecule has 0 amide bonds. The van der Waals surface area contributed by atoms with Crippen LogP contribution in [-0.2, 0) is 14.3 Å². The van der Waals surface area contributed by atoms with E-state index in [1.165, 1.54) is 7.11 Å². The van der Waals surface area contributed by atoms with E-state index < -0.39 is 5.60 Å². The molecule has 0 aliphatic heterocycles. The number of hydrogen-bond acceptors (Lipinski definition) is 3. The van der Waals surface area contributed by atoms with Crippen LogP contribution in [0.25, 0.3) is 0 Å². The third-order valence-corrected chi connectivity index (χ3v) is 1.24. The summed E-state index contributed by atoms with van der Waals surface area (Å²) < 4.78 is 10.1. The van der Waals surface area contributed by atoms with E-state index in [0.717, 1.165) is 0 Å². The predicted octanol–water partition coefficient (Wildman–Crippen LogP) is 1.75. The molecule has 0 atom stereocenters. The van der Waals surface area contributed by atoms with Crippen LogP contribution in [0.4, 0.5) is 0 Å². The van der Waals surface area contributed by atoms with Crippen LogP contribution in [0.2, 0.25) is 0 Å². The Bertz CT molecular complexity index is 165. The third-order valence-electron chi connectivity index (χ3n) is 1.24. The maximum Gasteiger partial charge on any atom is 0.337 e. The lowest BCUT2D eigenvalue weighted by atomic mass is 10.1. The minimum absolute atomic E-state index is 0.336. The summed E-state index contributed by atoms with van der Waals surface area (Å²) in [6.45, 7) is 9.10. The van der Waals surface area contributed by atoms with Gasteiger partial charge in [-0.15, -0.1) is 0 Å². The molecule has 0 aromatic carbocycles. The van der Waals surface area contributed by atoms with E-state index in [1.54, 1.807) is 13.8 Å². The van der Waals surface area contributed by atoms with Crippen LogP contribution < -0.4 is 0 Å². The van der Waals surface area contributed by atoms with Crippen molar-refractivity contribution in [2.45, 2.75) is 45.8 Å². The second-order valence-corrected chi connectivity index (χ2v) is 4.22. The Morgan fingerprint density at radius 1 is 1.08 bits per heavy atom. The first kappa shape index (κ1) is 11.4. The number of ether oxygens (including phenoxy) is 2. The molecule has 0 aromatic rings. The third kappa shape index (κ3) is 3.72. The van der Waals surface area contributed by atoms with Gasteiger partial charge in [0.15, 0.2) is 5.60 Å². The van der Waals surface area contributed by atoms with Crippen LogP contribution in [0.1, 0.15) is 34.6 Å². The van der Waals surface area contributed by atoms with Gasteiger partial charge in [-0.1, -0.05) is 0 Å². The van der Waals surface area contributed by atoms with E-state index in [1.807, 2.05) is 20.8 Å². The molecule has 0 rings (SSSR count). The standard InChI is InChI=1S/C9H18O3/c1-8(2,3)12-9(4,5)7(10)11-6/h1-6H3. The Hall–Kier alpha value is -0.570. The maximum atomic E-state index is 11.2. The van der Waals surface area contributed by atoms with E-state index in [0.29, 0.717) is 0 Å². The average molecular weight is 174 g/mol. The highest BCUT2D eigenvalue weighted by atomic mass is 16.6. The molecule has 0 N–H and O–H groups in total. The average Bonchev–Trinajstić information content (AvgIpc) is 1.80. The van der Waals surface area contributed by atoms with Crippen LogP contribution in [0.3, 0.4) is 0 Å². The van der Waals surface area contributed by atoms with Crippen molar-refractivity contribution >= 4 is 5.97 Å². The van der Waals surface area contributed by atoms with Gasteiger partial charge in [0, 0.05) is 0 Å². The molecule has 0 fully saturated rings. The summed E-state index contributed by atoms with van der Waals surface area (Å²) in [5.74, 6) is -0.350. The monoisotopic (exact) mass is 174 g/mol. The molecule has 3 heteroatoms. The van der Waals surface area contributed by atoms with E-state index in [2.05, 4.69) is 4.74 Å². The van der Waals surface area contributed by atoms with E-state index in [-0.39, 0.29) is 11.6 Å². The molecule has 0 aliphatic rings. The lowest BCUT2D eigenvalue weighted by Crippen LogP contribution is -2.42. The zero-order valence-electron chi connectivity index (χ0n) is 8.72. The Balaban J connectivity index is 4.32. The number of rotatable bonds is 2. The molecule has 72 valence electrons. The first-order valence-electron chi connectivity index (χ1n) is 3.97. The van der Waals surface area contributed by atoms with Crippen molar-refractivity contribution in [1.82, 2.24) is 0 Å². The quantitative estimate of drug-likeness (QED) is 0.598. The lowest BCUT2D eigenvalue weighted by molar-refractivity contribution is -0.180. The molecule has 0 unspecified atom stereocenters. The summed E-state index contributed by atoms with van der Waals surface area (Å²) in [5.41, 5.74) is -1.20. The van der Waals surface area contributed by atoms with Gasteiger partial charge >= 0.3 is 5.97 Å². The highest BCUT2D eigenvalue weighted by molar-refractivity contribution is 5.78. The largest absolute Gasteiger partial charge is 0.467 e. The molecule has 12 heavy (non-hydrogen) atoms. The van der Waals surface area contributed by atoms with Crippen LogP contribution >= 0.6 is 0 Å². The molecular weight excluding hydrogens is 156 g/mol. The summed E-state index contributed by atoms with van der Waals surface area (Å²) in [7, 11) is 1.36. The van der Waals surface area contributed by atoms with E-state index in [4.69, 9.17) is 4.74 Å². The van der Waals surface area contributed by atoms with Gasteiger partial charge in [0.1, 0.15) is 0 Å². The van der Waals surface area contributed by atoms with Crippen molar-refractivity contribution in [3.8, 4) is 0 Å². The van der Waals surface area contributed by atoms with Crippen molar-refractivity contribution < 1.29 is 14.3 Å². The molecule has 0 radical (unpaired) electrons. The van der Waals surface area contributed by atoms with Crippen molar-refractivity contribution in [3.05, 3.63) is 0 Å². The Morgan fingerprint density at radius 3 is 1.75 bits per heavy atom. The number of esters is 1. The normalized spacial score (nSPS) is 12.8.